The number of hydrogen-bond acceptors (Lipinski definition) is 6. The van der Waals surface area contributed by atoms with Crippen LogP contribution in [0.5, 0.6) is 0 Å². The molecule has 1 aromatic heterocycles. The van der Waals surface area contributed by atoms with Gasteiger partial charge in [0.2, 0.25) is 5.89 Å². The Hall–Kier alpha value is -3.21. The van der Waals surface area contributed by atoms with Gasteiger partial charge in [-0.05, 0) is 69.4 Å². The highest BCUT2D eigenvalue weighted by Crippen LogP contribution is 2.30. The van der Waals surface area contributed by atoms with Gasteiger partial charge in [-0.25, -0.2) is 9.78 Å². The molecule has 39 heavy (non-hydrogen) atoms. The summed E-state index contributed by atoms with van der Waals surface area (Å²) in [6.07, 6.45) is -2.85. The monoisotopic (exact) mass is 547 g/mol. The quantitative estimate of drug-likeness (QED) is 0.293. The number of aryl methyl sites for hydroxylation is 2. The lowest BCUT2D eigenvalue weighted by molar-refractivity contribution is -0.159. The Morgan fingerprint density at radius 2 is 1.79 bits per heavy atom. The van der Waals surface area contributed by atoms with Crippen LogP contribution in [0, 0.1) is 13.8 Å². The van der Waals surface area contributed by atoms with E-state index in [0.717, 1.165) is 48.2 Å². The summed E-state index contributed by atoms with van der Waals surface area (Å²) < 4.78 is 61.5. The van der Waals surface area contributed by atoms with E-state index in [1.54, 1.807) is 0 Å². The Balaban J connectivity index is 1.25. The summed E-state index contributed by atoms with van der Waals surface area (Å²) in [5.74, 6) is 0.0525. The molecule has 3 aromatic rings. The van der Waals surface area contributed by atoms with Crippen LogP contribution < -0.4 is 0 Å². The molecule has 4 rings (SSSR count). The maximum atomic E-state index is 12.7. The highest BCUT2D eigenvalue weighted by molar-refractivity contribution is 5.72. The van der Waals surface area contributed by atoms with Gasteiger partial charge in [0.15, 0.2) is 6.10 Å². The molecule has 1 unspecified atom stereocenters. The van der Waals surface area contributed by atoms with Gasteiger partial charge in [0.1, 0.15) is 11.5 Å². The largest absolute Gasteiger partial charge is 0.479 e. The van der Waals surface area contributed by atoms with E-state index in [-0.39, 0.29) is 25.4 Å². The van der Waals surface area contributed by atoms with E-state index in [1.807, 2.05) is 38.1 Å². The van der Waals surface area contributed by atoms with Gasteiger partial charge in [0, 0.05) is 5.56 Å². The first kappa shape index (κ1) is 28.8. The van der Waals surface area contributed by atoms with Gasteiger partial charge in [0.25, 0.3) is 0 Å². The third kappa shape index (κ3) is 8.14. The average molecular weight is 548 g/mol. The number of aromatic nitrogens is 1. The molecule has 0 bridgehead atoms. The molecule has 3 atom stereocenters. The van der Waals surface area contributed by atoms with Gasteiger partial charge < -0.3 is 23.7 Å². The minimum atomic E-state index is -4.43. The van der Waals surface area contributed by atoms with Crippen LogP contribution in [-0.4, -0.2) is 41.0 Å². The molecule has 1 aliphatic rings. The highest BCUT2D eigenvalue weighted by Gasteiger charge is 2.30. The summed E-state index contributed by atoms with van der Waals surface area (Å²) in [7, 11) is 0. The lowest BCUT2D eigenvalue weighted by atomic mass is 9.95. The van der Waals surface area contributed by atoms with Gasteiger partial charge in [-0.1, -0.05) is 29.8 Å². The molecule has 0 aliphatic heterocycles. The molecule has 210 valence electrons. The molecule has 1 N–H and O–H groups in total. The van der Waals surface area contributed by atoms with E-state index < -0.39 is 23.8 Å². The second-order valence-electron chi connectivity index (χ2n) is 9.78. The third-order valence-corrected chi connectivity index (χ3v) is 6.68. The van der Waals surface area contributed by atoms with Gasteiger partial charge in [-0.2, -0.15) is 13.2 Å². The predicted molar refractivity (Wildman–Crippen MR) is 136 cm³/mol. The summed E-state index contributed by atoms with van der Waals surface area (Å²) >= 11 is 0. The minimum absolute atomic E-state index is 0.0707. The zero-order valence-electron chi connectivity index (χ0n) is 21.9. The Bertz CT molecular complexity index is 1240. The number of rotatable bonds is 11. The Morgan fingerprint density at radius 1 is 1.08 bits per heavy atom. The number of benzene rings is 2. The van der Waals surface area contributed by atoms with E-state index >= 15 is 0 Å². The van der Waals surface area contributed by atoms with Gasteiger partial charge in [-0.3, -0.25) is 0 Å². The van der Waals surface area contributed by atoms with Crippen molar-refractivity contribution < 1.29 is 41.7 Å². The average Bonchev–Trinajstić information content (AvgIpc) is 3.27. The number of carboxylic acid groups (broad SMARTS) is 1. The van der Waals surface area contributed by atoms with Crippen molar-refractivity contribution in [1.82, 2.24) is 4.98 Å². The number of halogens is 3. The lowest BCUT2D eigenvalue weighted by Crippen LogP contribution is -2.34. The Labute approximate surface area is 224 Å². The topological polar surface area (TPSA) is 91.0 Å². The van der Waals surface area contributed by atoms with E-state index in [1.165, 1.54) is 12.1 Å². The van der Waals surface area contributed by atoms with E-state index in [4.69, 9.17) is 18.6 Å². The molecule has 1 heterocycles. The molecule has 2 aromatic carbocycles. The first-order valence-corrected chi connectivity index (χ1v) is 12.9. The predicted octanol–water partition coefficient (Wildman–Crippen LogP) is 6.49. The molecule has 10 heteroatoms. The summed E-state index contributed by atoms with van der Waals surface area (Å²) in [5, 5.41) is 9.52. The van der Waals surface area contributed by atoms with Crippen LogP contribution in [-0.2, 0) is 38.4 Å². The van der Waals surface area contributed by atoms with Crippen molar-refractivity contribution in [3.63, 3.8) is 0 Å². The maximum Gasteiger partial charge on any atom is 0.416 e. The Morgan fingerprint density at radius 3 is 2.46 bits per heavy atom. The molecule has 0 amide bonds. The molecule has 1 fully saturated rings. The number of carboxylic acids is 1. The van der Waals surface area contributed by atoms with Crippen molar-refractivity contribution >= 4 is 5.97 Å². The van der Waals surface area contributed by atoms with Crippen molar-refractivity contribution in [3.05, 3.63) is 76.7 Å². The van der Waals surface area contributed by atoms with Crippen LogP contribution in [0.3, 0.4) is 0 Å². The fourth-order valence-corrected chi connectivity index (χ4v) is 4.47. The Kier molecular flexibility index (Phi) is 9.42. The van der Waals surface area contributed by atoms with Crippen LogP contribution in [0.25, 0.3) is 11.5 Å². The van der Waals surface area contributed by atoms with Crippen LogP contribution in [0.15, 0.2) is 52.9 Å². The summed E-state index contributed by atoms with van der Waals surface area (Å²) in [5.41, 5.74) is 2.42. The van der Waals surface area contributed by atoms with Crippen molar-refractivity contribution in [2.45, 2.75) is 77.2 Å². The number of nitrogens with zero attached hydrogens (tertiary/aromatic N) is 1. The van der Waals surface area contributed by atoms with Crippen LogP contribution in [0.2, 0.25) is 0 Å². The van der Waals surface area contributed by atoms with E-state index in [0.29, 0.717) is 30.2 Å². The zero-order chi connectivity index (χ0) is 28.0. The van der Waals surface area contributed by atoms with Gasteiger partial charge >= 0.3 is 12.1 Å². The number of hydrogen-bond donors (Lipinski definition) is 1. The number of alkyl halides is 3. The second kappa shape index (κ2) is 12.8. The molecule has 0 radical (unpaired) electrons. The number of oxazole rings is 1. The van der Waals surface area contributed by atoms with Crippen molar-refractivity contribution in [2.75, 3.05) is 6.61 Å². The normalized spacial score (nSPS) is 18.7. The number of ether oxygens (including phenoxy) is 3. The first-order chi connectivity index (χ1) is 18.6. The SMILES string of the molecule is Cc1cccc(-c2nc(CO[C@H]3CCC[C@@H](OCC(OCc4ccc(C(F)(F)F)cc4)C(=O)O)C3)c(C)o2)c1. The molecule has 1 saturated carbocycles. The first-order valence-electron chi connectivity index (χ1n) is 12.9. The molecule has 0 saturated heterocycles. The molecular weight excluding hydrogens is 515 g/mol. The van der Waals surface area contributed by atoms with Crippen molar-refractivity contribution in [2.24, 2.45) is 0 Å². The fraction of sp³-hybridized carbons (Fsp3) is 0.448. The maximum absolute atomic E-state index is 12.7. The van der Waals surface area contributed by atoms with Crippen LogP contribution >= 0.6 is 0 Å². The molecule has 0 spiro atoms. The van der Waals surface area contributed by atoms with E-state index in [9.17, 15) is 23.1 Å². The summed E-state index contributed by atoms with van der Waals surface area (Å²) in [4.78, 5) is 16.3. The standard InChI is InChI=1S/C29H32F3NO6/c1-18-5-3-6-21(13-18)27-33-25(19(2)39-27)16-36-23-7-4-8-24(14-23)37-17-26(28(34)35)38-15-20-9-11-22(12-10-20)29(30,31)32/h3,5-6,9-13,23-24,26H,4,7-8,14-17H2,1-2H3,(H,34,35)/t23-,24+,26?/m0/s1. The summed E-state index contributed by atoms with van der Waals surface area (Å²) in [6.45, 7) is 3.85. The zero-order valence-corrected chi connectivity index (χ0v) is 21.9. The third-order valence-electron chi connectivity index (χ3n) is 6.68. The fourth-order valence-electron chi connectivity index (χ4n) is 4.47. The number of carbonyl (C=O) groups is 1. The summed E-state index contributed by atoms with van der Waals surface area (Å²) in [6, 6.07) is 12.3. The van der Waals surface area contributed by atoms with Gasteiger partial charge in [0.05, 0.1) is 37.6 Å². The highest BCUT2D eigenvalue weighted by atomic mass is 19.4. The molecular formula is C29H32F3NO6. The minimum Gasteiger partial charge on any atom is -0.479 e. The van der Waals surface area contributed by atoms with Crippen LogP contribution in [0.4, 0.5) is 13.2 Å². The second-order valence-corrected chi connectivity index (χ2v) is 9.78. The van der Waals surface area contributed by atoms with Gasteiger partial charge in [-0.15, -0.1) is 0 Å². The van der Waals surface area contributed by atoms with Crippen molar-refractivity contribution in [1.29, 1.82) is 0 Å². The molecule has 7 nitrogen and oxygen atoms in total. The lowest BCUT2D eigenvalue weighted by Gasteiger charge is -2.29. The van der Waals surface area contributed by atoms with E-state index in [2.05, 4.69) is 4.98 Å². The number of aliphatic carboxylic acids is 1. The van der Waals surface area contributed by atoms with Crippen molar-refractivity contribution in [3.8, 4) is 11.5 Å². The smallest absolute Gasteiger partial charge is 0.416 e. The molecule has 1 aliphatic carbocycles. The van der Waals surface area contributed by atoms with Crippen LogP contribution in [0.1, 0.15) is 53.8 Å².